The van der Waals surface area contributed by atoms with E-state index in [2.05, 4.69) is 106 Å². The van der Waals surface area contributed by atoms with Crippen LogP contribution in [0.2, 0.25) is 0 Å². The van der Waals surface area contributed by atoms with Gasteiger partial charge in [0.2, 0.25) is 0 Å². The number of ether oxygens (including phenoxy) is 3. The van der Waals surface area contributed by atoms with Crippen molar-refractivity contribution in [2.45, 2.75) is 232 Å². The number of rotatable bonds is 44. The number of hydrogen-bond donors (Lipinski definition) is 0. The van der Waals surface area contributed by atoms with Crippen LogP contribution in [0.3, 0.4) is 0 Å². The van der Waals surface area contributed by atoms with Gasteiger partial charge in [0.05, 0.1) is 0 Å². The highest BCUT2D eigenvalue weighted by molar-refractivity contribution is 5.71. The highest BCUT2D eigenvalue weighted by Crippen LogP contribution is 2.13. The molecule has 61 heavy (non-hydrogen) atoms. The molecule has 1 unspecified atom stereocenters. The quantitative estimate of drug-likeness (QED) is 0.0200. The minimum atomic E-state index is -0.806. The van der Waals surface area contributed by atoms with Gasteiger partial charge in [-0.2, -0.15) is 0 Å². The van der Waals surface area contributed by atoms with E-state index in [1.165, 1.54) is 77.0 Å². The van der Waals surface area contributed by atoms with Crippen molar-refractivity contribution in [3.8, 4) is 0 Å². The summed E-state index contributed by atoms with van der Waals surface area (Å²) in [7, 11) is 0. The second kappa shape index (κ2) is 49.2. The third-order valence-electron chi connectivity index (χ3n) is 10.4. The molecular weight excluding hydrogens is 757 g/mol. The molecule has 6 nitrogen and oxygen atoms in total. The Morgan fingerprint density at radius 2 is 0.705 bits per heavy atom. The Hall–Kier alpha value is -3.41. The van der Waals surface area contributed by atoms with Crippen LogP contribution in [-0.2, 0) is 28.6 Å². The Morgan fingerprint density at radius 3 is 1.16 bits per heavy atom. The molecule has 0 spiro atoms. The Bertz CT molecular complexity index is 1200. The lowest BCUT2D eigenvalue weighted by Gasteiger charge is -2.18. The average Bonchev–Trinajstić information content (AvgIpc) is 3.26. The summed E-state index contributed by atoms with van der Waals surface area (Å²) < 4.78 is 16.7. The molecule has 0 aliphatic carbocycles. The van der Waals surface area contributed by atoms with Gasteiger partial charge in [0.1, 0.15) is 13.2 Å². The van der Waals surface area contributed by atoms with E-state index in [1.54, 1.807) is 0 Å². The molecule has 0 fully saturated rings. The molecule has 6 heteroatoms. The normalized spacial score (nSPS) is 12.8. The van der Waals surface area contributed by atoms with Crippen molar-refractivity contribution in [2.24, 2.45) is 0 Å². The number of esters is 3. The van der Waals surface area contributed by atoms with Gasteiger partial charge in [-0.1, -0.05) is 196 Å². The summed E-state index contributed by atoms with van der Waals surface area (Å²) in [5, 5.41) is 0. The summed E-state index contributed by atoms with van der Waals surface area (Å²) in [5.74, 6) is -0.986. The van der Waals surface area contributed by atoms with Gasteiger partial charge in [-0.05, 0) is 96.3 Å². The third kappa shape index (κ3) is 47.5. The SMILES string of the molecule is CC/C=C\C/C=C\C/C=C\CCCC(=O)OCC(COC(=O)CCCCCCC/C=C\C=C/CCCCCCCCC)OC(=O)CCCCCCCCC/C=C\C/C=C\CC. The van der Waals surface area contributed by atoms with Crippen LogP contribution in [-0.4, -0.2) is 37.2 Å². The topological polar surface area (TPSA) is 78.9 Å². The molecule has 0 radical (unpaired) electrons. The van der Waals surface area contributed by atoms with Crippen LogP contribution in [0.4, 0.5) is 0 Å². The summed E-state index contributed by atoms with van der Waals surface area (Å²) in [6.07, 6.45) is 62.9. The molecule has 0 amide bonds. The molecule has 0 N–H and O–H groups in total. The number of carbonyl (C=O) groups excluding carboxylic acids is 3. The van der Waals surface area contributed by atoms with E-state index in [0.717, 1.165) is 103 Å². The molecule has 0 rings (SSSR count). The first kappa shape index (κ1) is 57.6. The van der Waals surface area contributed by atoms with Crippen molar-refractivity contribution >= 4 is 17.9 Å². The molecule has 1 atom stereocenters. The Labute approximate surface area is 375 Å². The maximum Gasteiger partial charge on any atom is 0.306 e. The zero-order valence-electron chi connectivity index (χ0n) is 39.7. The molecule has 348 valence electrons. The zero-order valence-corrected chi connectivity index (χ0v) is 39.7. The van der Waals surface area contributed by atoms with Crippen molar-refractivity contribution in [1.82, 2.24) is 0 Å². The van der Waals surface area contributed by atoms with Crippen molar-refractivity contribution in [2.75, 3.05) is 13.2 Å². The van der Waals surface area contributed by atoms with Crippen LogP contribution >= 0.6 is 0 Å². The second-order valence-electron chi connectivity index (χ2n) is 16.3. The molecule has 0 bridgehead atoms. The monoisotopic (exact) mass is 849 g/mol. The molecular formula is C55H92O6. The average molecular weight is 849 g/mol. The Kier molecular flexibility index (Phi) is 46.5. The second-order valence-corrected chi connectivity index (χ2v) is 16.3. The Balaban J connectivity index is 4.44. The summed E-state index contributed by atoms with van der Waals surface area (Å²) in [4.78, 5) is 37.9. The van der Waals surface area contributed by atoms with Crippen LogP contribution in [0.1, 0.15) is 226 Å². The van der Waals surface area contributed by atoms with E-state index in [9.17, 15) is 14.4 Å². The standard InChI is InChI=1S/C55H92O6/c1-4-7-10-13-16-19-22-24-26-27-28-29-31-33-36-39-42-45-48-54(57)60-51-52(50-59-53(56)47-44-41-38-35-32-21-18-15-12-9-6-3)61-55(58)49-46-43-40-37-34-30-25-23-20-17-14-11-8-5-2/h8-9,11-12,17-18,20-21,26-29,35,38,52H,4-7,10,13-16,19,22-25,30-34,36-37,39-51H2,1-3H3/b11-8-,12-9-,20-17-,21-18-,27-26-,29-28-,38-35-. The maximum absolute atomic E-state index is 12.8. The first-order valence-electron chi connectivity index (χ1n) is 25.1. The summed E-state index contributed by atoms with van der Waals surface area (Å²) >= 11 is 0. The number of hydrogen-bond acceptors (Lipinski definition) is 6. The van der Waals surface area contributed by atoms with E-state index in [4.69, 9.17) is 14.2 Å². The van der Waals surface area contributed by atoms with Crippen LogP contribution < -0.4 is 0 Å². The van der Waals surface area contributed by atoms with Gasteiger partial charge < -0.3 is 14.2 Å². The van der Waals surface area contributed by atoms with Gasteiger partial charge in [0.15, 0.2) is 6.10 Å². The van der Waals surface area contributed by atoms with E-state index in [-0.39, 0.29) is 37.5 Å². The molecule has 0 heterocycles. The lowest BCUT2D eigenvalue weighted by Crippen LogP contribution is -2.30. The van der Waals surface area contributed by atoms with Gasteiger partial charge in [-0.25, -0.2) is 0 Å². The molecule has 0 aliphatic rings. The lowest BCUT2D eigenvalue weighted by atomic mass is 10.1. The van der Waals surface area contributed by atoms with Crippen LogP contribution in [0, 0.1) is 0 Å². The predicted molar refractivity (Wildman–Crippen MR) is 261 cm³/mol. The van der Waals surface area contributed by atoms with E-state index < -0.39 is 6.10 Å². The molecule has 0 aromatic heterocycles. The van der Waals surface area contributed by atoms with Crippen molar-refractivity contribution in [1.29, 1.82) is 0 Å². The molecule has 0 aromatic carbocycles. The van der Waals surface area contributed by atoms with Crippen molar-refractivity contribution in [3.63, 3.8) is 0 Å². The highest BCUT2D eigenvalue weighted by atomic mass is 16.6. The first-order valence-corrected chi connectivity index (χ1v) is 25.1. The fourth-order valence-corrected chi connectivity index (χ4v) is 6.67. The molecule has 0 saturated carbocycles. The molecule has 0 aromatic rings. The zero-order chi connectivity index (χ0) is 44.4. The van der Waals surface area contributed by atoms with Crippen LogP contribution in [0.15, 0.2) is 85.1 Å². The smallest absolute Gasteiger partial charge is 0.306 e. The van der Waals surface area contributed by atoms with Gasteiger partial charge in [0, 0.05) is 19.3 Å². The van der Waals surface area contributed by atoms with E-state index in [0.29, 0.717) is 19.3 Å². The van der Waals surface area contributed by atoms with Gasteiger partial charge >= 0.3 is 17.9 Å². The lowest BCUT2D eigenvalue weighted by molar-refractivity contribution is -0.167. The van der Waals surface area contributed by atoms with E-state index >= 15 is 0 Å². The van der Waals surface area contributed by atoms with Crippen molar-refractivity contribution in [3.05, 3.63) is 85.1 Å². The minimum absolute atomic E-state index is 0.104. The fraction of sp³-hybridized carbons (Fsp3) is 0.691. The number of unbranched alkanes of at least 4 members (excludes halogenated alkanes) is 20. The van der Waals surface area contributed by atoms with E-state index in [1.807, 2.05) is 0 Å². The Morgan fingerprint density at radius 1 is 0.361 bits per heavy atom. The highest BCUT2D eigenvalue weighted by Gasteiger charge is 2.19. The van der Waals surface area contributed by atoms with Gasteiger partial charge in [0.25, 0.3) is 0 Å². The van der Waals surface area contributed by atoms with Crippen LogP contribution in [0.5, 0.6) is 0 Å². The predicted octanol–water partition coefficient (Wildman–Crippen LogP) is 16.4. The largest absolute Gasteiger partial charge is 0.462 e. The molecule has 0 saturated heterocycles. The number of carbonyl (C=O) groups is 3. The van der Waals surface area contributed by atoms with Crippen molar-refractivity contribution < 1.29 is 28.6 Å². The fourth-order valence-electron chi connectivity index (χ4n) is 6.67. The molecule has 0 aliphatic heterocycles. The number of allylic oxidation sites excluding steroid dienone is 14. The van der Waals surface area contributed by atoms with Gasteiger partial charge in [-0.15, -0.1) is 0 Å². The van der Waals surface area contributed by atoms with Crippen LogP contribution in [0.25, 0.3) is 0 Å². The van der Waals surface area contributed by atoms with Gasteiger partial charge in [-0.3, -0.25) is 14.4 Å². The summed E-state index contributed by atoms with van der Waals surface area (Å²) in [6, 6.07) is 0. The summed E-state index contributed by atoms with van der Waals surface area (Å²) in [6.45, 7) is 6.33. The summed E-state index contributed by atoms with van der Waals surface area (Å²) in [5.41, 5.74) is 0. The minimum Gasteiger partial charge on any atom is -0.462 e. The third-order valence-corrected chi connectivity index (χ3v) is 10.4. The first-order chi connectivity index (χ1) is 30.0. The maximum atomic E-state index is 12.8.